The van der Waals surface area contributed by atoms with Gasteiger partial charge in [-0.15, -0.1) is 5.10 Å². The second-order valence-corrected chi connectivity index (χ2v) is 4.07. The van der Waals surface area contributed by atoms with E-state index in [-0.39, 0.29) is 23.6 Å². The Bertz CT molecular complexity index is 569. The van der Waals surface area contributed by atoms with Crippen LogP contribution in [0.2, 0.25) is 0 Å². The molecule has 100 valence electrons. The Hall–Kier alpha value is -2.24. The van der Waals surface area contributed by atoms with Crippen molar-refractivity contribution in [2.24, 2.45) is 0 Å². The minimum atomic E-state index is -0.385. The molecule has 0 spiro atoms. The van der Waals surface area contributed by atoms with Gasteiger partial charge in [0.2, 0.25) is 11.8 Å². The van der Waals surface area contributed by atoms with Crippen LogP contribution in [0.15, 0.2) is 28.7 Å². The lowest BCUT2D eigenvalue weighted by Crippen LogP contribution is -2.11. The molecule has 0 saturated carbocycles. The summed E-state index contributed by atoms with van der Waals surface area (Å²) in [6, 6.07) is 5.84. The summed E-state index contributed by atoms with van der Waals surface area (Å²) in [5.41, 5.74) is 0.474. The van der Waals surface area contributed by atoms with Gasteiger partial charge in [-0.1, -0.05) is 24.5 Å². The Balaban J connectivity index is 2.05. The number of nitrogens with zero attached hydrogens (tertiary/aromatic N) is 2. The number of carbonyl (C=O) groups excluding carboxylic acids is 1. The Morgan fingerprint density at radius 2 is 2.26 bits per heavy atom. The maximum Gasteiger partial charge on any atom is 0.322 e. The second-order valence-electron chi connectivity index (χ2n) is 4.07. The fourth-order valence-corrected chi connectivity index (χ4v) is 1.53. The van der Waals surface area contributed by atoms with Crippen LogP contribution in [0.5, 0.6) is 0 Å². The van der Waals surface area contributed by atoms with Crippen LogP contribution in [0, 0.1) is 5.82 Å². The maximum absolute atomic E-state index is 13.0. The van der Waals surface area contributed by atoms with Crippen LogP contribution in [0.3, 0.4) is 0 Å². The Morgan fingerprint density at radius 3 is 3.00 bits per heavy atom. The molecule has 1 aromatic carbocycles. The normalized spacial score (nSPS) is 10.4. The van der Waals surface area contributed by atoms with E-state index >= 15 is 0 Å². The van der Waals surface area contributed by atoms with Crippen molar-refractivity contribution in [1.82, 2.24) is 10.2 Å². The molecule has 6 heteroatoms. The zero-order chi connectivity index (χ0) is 13.7. The third-order valence-corrected chi connectivity index (χ3v) is 2.50. The van der Waals surface area contributed by atoms with E-state index in [2.05, 4.69) is 15.5 Å². The first-order valence-corrected chi connectivity index (χ1v) is 6.08. The van der Waals surface area contributed by atoms with E-state index in [0.29, 0.717) is 12.0 Å². The number of hydrogen-bond donors (Lipinski definition) is 1. The fourth-order valence-electron chi connectivity index (χ4n) is 1.53. The standard InChI is InChI=1S/C13H14FN3O2/c1-2-3-7-11(18)15-13-17-16-12(19-13)9-5-4-6-10(14)8-9/h4-6,8H,2-3,7H2,1H3,(H,15,17,18). The quantitative estimate of drug-likeness (QED) is 0.900. The summed E-state index contributed by atoms with van der Waals surface area (Å²) in [6.07, 6.45) is 2.15. The average molecular weight is 263 g/mol. The number of aromatic nitrogens is 2. The summed E-state index contributed by atoms with van der Waals surface area (Å²) in [6.45, 7) is 2.00. The number of amides is 1. The molecule has 1 amide bonds. The van der Waals surface area contributed by atoms with Gasteiger partial charge in [-0.3, -0.25) is 10.1 Å². The topological polar surface area (TPSA) is 68.0 Å². The summed E-state index contributed by atoms with van der Waals surface area (Å²) in [5, 5.41) is 9.97. The largest absolute Gasteiger partial charge is 0.403 e. The van der Waals surface area contributed by atoms with Gasteiger partial charge < -0.3 is 4.42 Å². The molecule has 5 nitrogen and oxygen atoms in total. The number of carbonyl (C=O) groups is 1. The Morgan fingerprint density at radius 1 is 1.42 bits per heavy atom. The van der Waals surface area contributed by atoms with Gasteiger partial charge in [0.15, 0.2) is 0 Å². The summed E-state index contributed by atoms with van der Waals surface area (Å²) in [5.74, 6) is -0.384. The molecule has 0 aliphatic carbocycles. The Kier molecular flexibility index (Phi) is 4.22. The monoisotopic (exact) mass is 263 g/mol. The van der Waals surface area contributed by atoms with Crippen molar-refractivity contribution < 1.29 is 13.6 Å². The molecule has 1 aromatic heterocycles. The number of nitrogens with one attached hydrogen (secondary N) is 1. The minimum absolute atomic E-state index is 0.0281. The highest BCUT2D eigenvalue weighted by Gasteiger charge is 2.11. The van der Waals surface area contributed by atoms with E-state index in [1.807, 2.05) is 6.92 Å². The molecule has 0 atom stereocenters. The average Bonchev–Trinajstić information content (AvgIpc) is 2.85. The van der Waals surface area contributed by atoms with Gasteiger partial charge in [0.1, 0.15) is 5.82 Å². The zero-order valence-electron chi connectivity index (χ0n) is 10.5. The fraction of sp³-hybridized carbons (Fsp3) is 0.308. The molecule has 1 heterocycles. The third-order valence-electron chi connectivity index (χ3n) is 2.50. The highest BCUT2D eigenvalue weighted by atomic mass is 19.1. The molecule has 0 aliphatic rings. The Labute approximate surface area is 109 Å². The van der Waals surface area contributed by atoms with Crippen LogP contribution in [0.1, 0.15) is 26.2 Å². The molecule has 0 radical (unpaired) electrons. The van der Waals surface area contributed by atoms with Crippen LogP contribution >= 0.6 is 0 Å². The maximum atomic E-state index is 13.0. The first-order valence-electron chi connectivity index (χ1n) is 6.08. The van der Waals surface area contributed by atoms with E-state index in [1.54, 1.807) is 12.1 Å². The number of halogens is 1. The first kappa shape index (κ1) is 13.2. The lowest BCUT2D eigenvalue weighted by molar-refractivity contribution is -0.116. The highest BCUT2D eigenvalue weighted by molar-refractivity contribution is 5.88. The zero-order valence-corrected chi connectivity index (χ0v) is 10.5. The lowest BCUT2D eigenvalue weighted by Gasteiger charge is -1.98. The molecule has 0 bridgehead atoms. The van der Waals surface area contributed by atoms with Crippen molar-refractivity contribution in [2.75, 3.05) is 5.32 Å². The number of benzene rings is 1. The van der Waals surface area contributed by atoms with Gasteiger partial charge in [-0.25, -0.2) is 4.39 Å². The van der Waals surface area contributed by atoms with Gasteiger partial charge in [0.05, 0.1) is 0 Å². The van der Waals surface area contributed by atoms with Crippen molar-refractivity contribution in [3.05, 3.63) is 30.1 Å². The molecule has 1 N–H and O–H groups in total. The third kappa shape index (κ3) is 3.61. The predicted octanol–water partition coefficient (Wildman–Crippen LogP) is 3.00. The van der Waals surface area contributed by atoms with E-state index in [9.17, 15) is 9.18 Å². The smallest absolute Gasteiger partial charge is 0.322 e. The molecule has 0 unspecified atom stereocenters. The number of hydrogen-bond acceptors (Lipinski definition) is 4. The van der Waals surface area contributed by atoms with Crippen molar-refractivity contribution in [2.45, 2.75) is 26.2 Å². The number of rotatable bonds is 5. The summed E-state index contributed by atoms with van der Waals surface area (Å²) < 4.78 is 18.3. The van der Waals surface area contributed by atoms with Crippen molar-refractivity contribution >= 4 is 11.9 Å². The van der Waals surface area contributed by atoms with E-state index in [1.165, 1.54) is 12.1 Å². The minimum Gasteiger partial charge on any atom is -0.403 e. The molecular formula is C13H14FN3O2. The van der Waals surface area contributed by atoms with Crippen LogP contribution < -0.4 is 5.32 Å². The highest BCUT2D eigenvalue weighted by Crippen LogP contribution is 2.20. The van der Waals surface area contributed by atoms with E-state index in [4.69, 9.17) is 4.42 Å². The van der Waals surface area contributed by atoms with Crippen LogP contribution in [0.25, 0.3) is 11.5 Å². The second kappa shape index (κ2) is 6.08. The van der Waals surface area contributed by atoms with Gasteiger partial charge in [0.25, 0.3) is 0 Å². The van der Waals surface area contributed by atoms with E-state index < -0.39 is 0 Å². The predicted molar refractivity (Wildman–Crippen MR) is 67.8 cm³/mol. The van der Waals surface area contributed by atoms with Gasteiger partial charge in [0, 0.05) is 12.0 Å². The first-order chi connectivity index (χ1) is 9.19. The number of unbranched alkanes of at least 4 members (excludes halogenated alkanes) is 1. The molecule has 19 heavy (non-hydrogen) atoms. The van der Waals surface area contributed by atoms with Gasteiger partial charge in [-0.05, 0) is 24.6 Å². The summed E-state index contributed by atoms with van der Waals surface area (Å²) >= 11 is 0. The van der Waals surface area contributed by atoms with E-state index in [0.717, 1.165) is 12.8 Å². The summed E-state index contributed by atoms with van der Waals surface area (Å²) in [4.78, 5) is 11.5. The molecule has 0 saturated heterocycles. The van der Waals surface area contributed by atoms with Crippen LogP contribution in [-0.4, -0.2) is 16.1 Å². The lowest BCUT2D eigenvalue weighted by atomic mass is 10.2. The van der Waals surface area contributed by atoms with Crippen LogP contribution in [0.4, 0.5) is 10.4 Å². The van der Waals surface area contributed by atoms with Gasteiger partial charge in [-0.2, -0.15) is 0 Å². The molecule has 2 rings (SSSR count). The van der Waals surface area contributed by atoms with Crippen molar-refractivity contribution in [3.8, 4) is 11.5 Å². The van der Waals surface area contributed by atoms with Gasteiger partial charge >= 0.3 is 6.01 Å². The molecule has 2 aromatic rings. The van der Waals surface area contributed by atoms with Crippen molar-refractivity contribution in [1.29, 1.82) is 0 Å². The molecule has 0 fully saturated rings. The molecule has 0 aliphatic heterocycles. The number of anilines is 1. The van der Waals surface area contributed by atoms with Crippen molar-refractivity contribution in [3.63, 3.8) is 0 Å². The summed E-state index contributed by atoms with van der Waals surface area (Å²) in [7, 11) is 0. The molecular weight excluding hydrogens is 249 g/mol. The van der Waals surface area contributed by atoms with Crippen LogP contribution in [-0.2, 0) is 4.79 Å². The SMILES string of the molecule is CCCCC(=O)Nc1nnc(-c2cccc(F)c2)o1.